The fourth-order valence-electron chi connectivity index (χ4n) is 1.64. The summed E-state index contributed by atoms with van der Waals surface area (Å²) in [6.45, 7) is 4.25. The lowest BCUT2D eigenvalue weighted by Crippen LogP contribution is -2.30. The van der Waals surface area contributed by atoms with Gasteiger partial charge in [-0.15, -0.1) is 0 Å². The minimum atomic E-state index is 0.0152. The van der Waals surface area contributed by atoms with E-state index in [2.05, 4.69) is 37.4 Å². The Bertz CT molecular complexity index is 386. The van der Waals surface area contributed by atoms with Crippen molar-refractivity contribution in [1.82, 2.24) is 14.5 Å². The van der Waals surface area contributed by atoms with Crippen molar-refractivity contribution in [2.45, 2.75) is 20.0 Å². The number of halogens is 1. The summed E-state index contributed by atoms with van der Waals surface area (Å²) in [5.41, 5.74) is 0.551. The van der Waals surface area contributed by atoms with Gasteiger partial charge in [0.05, 0.1) is 6.54 Å². The highest BCUT2D eigenvalue weighted by Gasteiger charge is 2.21. The second kappa shape index (κ2) is 3.47. The fraction of sp³-hybridized carbons (Fsp3) is 0.556. The summed E-state index contributed by atoms with van der Waals surface area (Å²) < 4.78 is 2.89. The lowest BCUT2D eigenvalue weighted by Gasteiger charge is -2.23. The molecular weight excluding hydrogens is 246 g/mol. The molecule has 0 fully saturated rings. The molecule has 0 radical (unpaired) electrons. The molecule has 1 aromatic rings. The highest BCUT2D eigenvalue weighted by Crippen LogP contribution is 2.22. The second-order valence-corrected chi connectivity index (χ2v) is 4.36. The molecule has 4 nitrogen and oxygen atoms in total. The Morgan fingerprint density at radius 3 is 2.86 bits per heavy atom. The third-order valence-corrected chi connectivity index (χ3v) is 3.24. The molecular formula is C9H12BrN3O. The summed E-state index contributed by atoms with van der Waals surface area (Å²) in [6, 6.07) is 0. The number of nitrogens with zero attached hydrogens (tertiary/aromatic N) is 3. The van der Waals surface area contributed by atoms with E-state index in [1.54, 1.807) is 6.92 Å². The molecule has 1 aliphatic heterocycles. The first kappa shape index (κ1) is 9.86. The maximum Gasteiger partial charge on any atom is 0.180 e. The molecule has 0 unspecified atom stereocenters. The largest absolute Gasteiger partial charge is 0.320 e. The van der Waals surface area contributed by atoms with Gasteiger partial charge in [-0.2, -0.15) is 0 Å². The first-order chi connectivity index (χ1) is 6.59. The highest BCUT2D eigenvalue weighted by atomic mass is 79.9. The van der Waals surface area contributed by atoms with Gasteiger partial charge >= 0.3 is 0 Å². The standard InChI is InChI=1S/C9H12BrN3O/c1-6(14)8-9(10)13-4-3-12(2)5-7(13)11-8/h3-5H2,1-2H3. The molecule has 0 aromatic carbocycles. The fourth-order valence-corrected chi connectivity index (χ4v) is 2.39. The highest BCUT2D eigenvalue weighted by molar-refractivity contribution is 9.10. The van der Waals surface area contributed by atoms with Gasteiger partial charge in [-0.3, -0.25) is 9.69 Å². The summed E-state index contributed by atoms with van der Waals surface area (Å²) in [5.74, 6) is 0.984. The van der Waals surface area contributed by atoms with Gasteiger partial charge in [-0.05, 0) is 23.0 Å². The van der Waals surface area contributed by atoms with Crippen LogP contribution in [0.2, 0.25) is 0 Å². The van der Waals surface area contributed by atoms with Crippen molar-refractivity contribution in [2.24, 2.45) is 0 Å². The molecule has 0 saturated heterocycles. The van der Waals surface area contributed by atoms with E-state index < -0.39 is 0 Å². The van der Waals surface area contributed by atoms with E-state index in [1.165, 1.54) is 0 Å². The molecule has 0 amide bonds. The van der Waals surface area contributed by atoms with Crippen molar-refractivity contribution in [3.63, 3.8) is 0 Å². The van der Waals surface area contributed by atoms with Crippen molar-refractivity contribution < 1.29 is 4.79 Å². The molecule has 14 heavy (non-hydrogen) atoms. The maximum absolute atomic E-state index is 11.2. The van der Waals surface area contributed by atoms with Crippen molar-refractivity contribution in [3.05, 3.63) is 16.1 Å². The number of ketones is 1. The van der Waals surface area contributed by atoms with Crippen LogP contribution in [0.3, 0.4) is 0 Å². The van der Waals surface area contributed by atoms with Crippen LogP contribution in [0.15, 0.2) is 4.60 Å². The van der Waals surface area contributed by atoms with Crippen molar-refractivity contribution >= 4 is 21.7 Å². The Hall–Kier alpha value is -0.680. The maximum atomic E-state index is 11.2. The molecule has 0 aliphatic carbocycles. The van der Waals surface area contributed by atoms with Crippen molar-refractivity contribution in [3.8, 4) is 0 Å². The Morgan fingerprint density at radius 1 is 1.50 bits per heavy atom. The summed E-state index contributed by atoms with van der Waals surface area (Å²) in [6.07, 6.45) is 0. The van der Waals surface area contributed by atoms with Gasteiger partial charge in [0.2, 0.25) is 0 Å². The van der Waals surface area contributed by atoms with Crippen LogP contribution in [0.4, 0.5) is 0 Å². The second-order valence-electron chi connectivity index (χ2n) is 3.61. The molecule has 0 bridgehead atoms. The minimum Gasteiger partial charge on any atom is -0.320 e. The zero-order valence-electron chi connectivity index (χ0n) is 8.25. The van der Waals surface area contributed by atoms with Crippen LogP contribution in [-0.2, 0) is 13.1 Å². The minimum absolute atomic E-state index is 0.0152. The van der Waals surface area contributed by atoms with Crippen LogP contribution in [-0.4, -0.2) is 33.8 Å². The zero-order valence-corrected chi connectivity index (χ0v) is 9.84. The normalized spacial score (nSPS) is 16.8. The monoisotopic (exact) mass is 257 g/mol. The molecule has 0 atom stereocenters. The van der Waals surface area contributed by atoms with Crippen LogP contribution in [0, 0.1) is 0 Å². The number of fused-ring (bicyclic) bond motifs is 1. The van der Waals surface area contributed by atoms with Gasteiger partial charge in [0.1, 0.15) is 16.1 Å². The quantitative estimate of drug-likeness (QED) is 0.712. The number of imidazole rings is 1. The number of hydrogen-bond acceptors (Lipinski definition) is 3. The lowest BCUT2D eigenvalue weighted by atomic mass is 10.3. The Balaban J connectivity index is 2.45. The molecule has 1 aromatic heterocycles. The van der Waals surface area contributed by atoms with E-state index in [1.807, 2.05) is 0 Å². The summed E-state index contributed by atoms with van der Waals surface area (Å²) in [5, 5.41) is 0. The molecule has 2 rings (SSSR count). The third-order valence-electron chi connectivity index (χ3n) is 2.43. The zero-order chi connectivity index (χ0) is 10.3. The molecule has 0 saturated carbocycles. The SMILES string of the molecule is CC(=O)c1nc2n(c1Br)CCN(C)C2. The van der Waals surface area contributed by atoms with Gasteiger partial charge in [0, 0.05) is 20.0 Å². The predicted octanol–water partition coefficient (Wildman–Crippen LogP) is 1.29. The first-order valence-corrected chi connectivity index (χ1v) is 5.33. The topological polar surface area (TPSA) is 38.1 Å². The molecule has 0 spiro atoms. The predicted molar refractivity (Wildman–Crippen MR) is 56.3 cm³/mol. The number of likely N-dealkylation sites (N-methyl/N-ethyl adjacent to an activating group) is 1. The van der Waals surface area contributed by atoms with Gasteiger partial charge in [0.25, 0.3) is 0 Å². The summed E-state index contributed by atoms with van der Waals surface area (Å²) >= 11 is 3.42. The van der Waals surface area contributed by atoms with Crippen LogP contribution in [0.1, 0.15) is 23.2 Å². The molecule has 5 heteroatoms. The van der Waals surface area contributed by atoms with Crippen LogP contribution in [0.5, 0.6) is 0 Å². The molecule has 0 N–H and O–H groups in total. The first-order valence-electron chi connectivity index (χ1n) is 4.54. The molecule has 2 heterocycles. The van der Waals surface area contributed by atoms with Gasteiger partial charge in [0.15, 0.2) is 5.78 Å². The van der Waals surface area contributed by atoms with Crippen LogP contribution in [0.25, 0.3) is 0 Å². The summed E-state index contributed by atoms with van der Waals surface area (Å²) in [4.78, 5) is 17.8. The van der Waals surface area contributed by atoms with E-state index >= 15 is 0 Å². The smallest absolute Gasteiger partial charge is 0.180 e. The number of carbonyl (C=O) groups is 1. The van der Waals surface area contributed by atoms with E-state index in [0.717, 1.165) is 30.1 Å². The number of aromatic nitrogens is 2. The van der Waals surface area contributed by atoms with E-state index in [-0.39, 0.29) is 5.78 Å². The number of hydrogen-bond donors (Lipinski definition) is 0. The van der Waals surface area contributed by atoms with Crippen LogP contribution < -0.4 is 0 Å². The third kappa shape index (κ3) is 1.50. The van der Waals surface area contributed by atoms with E-state index in [4.69, 9.17) is 0 Å². The average molecular weight is 258 g/mol. The average Bonchev–Trinajstić information content (AvgIpc) is 2.43. The van der Waals surface area contributed by atoms with Crippen molar-refractivity contribution in [2.75, 3.05) is 13.6 Å². The van der Waals surface area contributed by atoms with Crippen molar-refractivity contribution in [1.29, 1.82) is 0 Å². The summed E-state index contributed by atoms with van der Waals surface area (Å²) in [7, 11) is 2.06. The Labute approximate surface area is 91.0 Å². The van der Waals surface area contributed by atoms with Gasteiger partial charge < -0.3 is 4.57 Å². The Kier molecular flexibility index (Phi) is 2.45. The Morgan fingerprint density at radius 2 is 2.21 bits per heavy atom. The van der Waals surface area contributed by atoms with Gasteiger partial charge in [-0.1, -0.05) is 0 Å². The number of carbonyl (C=O) groups excluding carboxylic acids is 1. The molecule has 1 aliphatic rings. The molecule has 76 valence electrons. The van der Waals surface area contributed by atoms with E-state index in [9.17, 15) is 4.79 Å². The van der Waals surface area contributed by atoms with Crippen LogP contribution >= 0.6 is 15.9 Å². The van der Waals surface area contributed by atoms with E-state index in [0.29, 0.717) is 5.69 Å². The van der Waals surface area contributed by atoms with Gasteiger partial charge in [-0.25, -0.2) is 4.98 Å². The lowest BCUT2D eigenvalue weighted by molar-refractivity contribution is 0.101. The number of rotatable bonds is 1. The number of Topliss-reactive ketones (excluding diaryl/α,β-unsaturated/α-hetero) is 1.